The molecule has 0 aliphatic carbocycles. The Morgan fingerprint density at radius 2 is 0.871 bits per heavy atom. The standard InChI is InChI=1S/C29H30P.ClH/c1-29(2,3)25-21-19-24(20-22-25)23-30(26-13-7-4-8-14-26,27-15-9-5-10-16-27)28-17-11-6-12-18-28;/h4-22H,23H2,1-3H3;1H/q+1;/p-1. The van der Waals surface area contributed by atoms with E-state index in [4.69, 9.17) is 0 Å². The SMILES string of the molecule is CC(C)(C)c1ccc(C[P+](c2ccccc2)(c2ccccc2)c2ccccc2)cc1.[Cl-]. The lowest BCUT2D eigenvalue weighted by Crippen LogP contribution is -3.00. The lowest BCUT2D eigenvalue weighted by molar-refractivity contribution is -0.00000635. The maximum absolute atomic E-state index is 2.34. The Bertz CT molecular complexity index is 970. The van der Waals surface area contributed by atoms with Gasteiger partial charge in [0.1, 0.15) is 23.2 Å². The summed E-state index contributed by atoms with van der Waals surface area (Å²) in [4.78, 5) is 0. The van der Waals surface area contributed by atoms with Gasteiger partial charge in [0, 0.05) is 0 Å². The lowest BCUT2D eigenvalue weighted by atomic mass is 9.87. The van der Waals surface area contributed by atoms with Crippen molar-refractivity contribution in [1.29, 1.82) is 0 Å². The first kappa shape index (κ1) is 23.3. The van der Waals surface area contributed by atoms with Crippen molar-refractivity contribution >= 4 is 23.2 Å². The molecule has 0 saturated carbocycles. The van der Waals surface area contributed by atoms with Crippen LogP contribution in [0.15, 0.2) is 115 Å². The average molecular weight is 445 g/mol. The molecular formula is C29H30ClP. The third-order valence-electron chi connectivity index (χ3n) is 5.83. The van der Waals surface area contributed by atoms with Gasteiger partial charge in [-0.3, -0.25) is 0 Å². The zero-order valence-corrected chi connectivity index (χ0v) is 20.2. The Morgan fingerprint density at radius 3 is 1.19 bits per heavy atom. The summed E-state index contributed by atoms with van der Waals surface area (Å²) in [6.07, 6.45) is 1.02. The van der Waals surface area contributed by atoms with Gasteiger partial charge in [-0.2, -0.15) is 0 Å². The molecule has 4 aromatic rings. The van der Waals surface area contributed by atoms with Crippen LogP contribution in [0, 0.1) is 0 Å². The first-order chi connectivity index (χ1) is 14.5. The van der Waals surface area contributed by atoms with Crippen LogP contribution in [0.5, 0.6) is 0 Å². The summed E-state index contributed by atoms with van der Waals surface area (Å²) >= 11 is 0. The summed E-state index contributed by atoms with van der Waals surface area (Å²) in [7, 11) is -1.83. The van der Waals surface area contributed by atoms with E-state index in [-0.39, 0.29) is 17.8 Å². The zero-order valence-electron chi connectivity index (χ0n) is 18.5. The molecule has 0 saturated heterocycles. The van der Waals surface area contributed by atoms with E-state index in [9.17, 15) is 0 Å². The van der Waals surface area contributed by atoms with Gasteiger partial charge in [0.25, 0.3) is 0 Å². The van der Waals surface area contributed by atoms with Crippen LogP contribution in [0.25, 0.3) is 0 Å². The summed E-state index contributed by atoms with van der Waals surface area (Å²) in [5, 5.41) is 4.30. The molecule has 0 spiro atoms. The number of hydrogen-bond donors (Lipinski definition) is 0. The molecule has 0 heterocycles. The van der Waals surface area contributed by atoms with E-state index in [1.165, 1.54) is 27.0 Å². The second-order valence-electron chi connectivity index (χ2n) is 8.92. The van der Waals surface area contributed by atoms with E-state index in [0.29, 0.717) is 0 Å². The Kier molecular flexibility index (Phi) is 7.37. The minimum atomic E-state index is -1.83. The molecule has 4 rings (SSSR count). The fourth-order valence-electron chi connectivity index (χ4n) is 4.15. The van der Waals surface area contributed by atoms with Gasteiger partial charge in [0.15, 0.2) is 0 Å². The van der Waals surface area contributed by atoms with Crippen molar-refractivity contribution in [1.82, 2.24) is 0 Å². The molecule has 0 amide bonds. The van der Waals surface area contributed by atoms with E-state index < -0.39 is 7.26 Å². The summed E-state index contributed by atoms with van der Waals surface area (Å²) in [6, 6.07) is 42.6. The van der Waals surface area contributed by atoms with Crippen molar-refractivity contribution in [3.8, 4) is 0 Å². The molecule has 0 N–H and O–H groups in total. The summed E-state index contributed by atoms with van der Waals surface area (Å²) in [6.45, 7) is 6.83. The molecule has 0 aliphatic heterocycles. The quantitative estimate of drug-likeness (QED) is 0.413. The van der Waals surface area contributed by atoms with Crippen LogP contribution >= 0.6 is 7.26 Å². The second kappa shape index (κ2) is 9.82. The zero-order chi connectivity index (χ0) is 21.0. The van der Waals surface area contributed by atoms with Gasteiger partial charge in [-0.15, -0.1) is 0 Å². The lowest BCUT2D eigenvalue weighted by Gasteiger charge is -2.28. The van der Waals surface area contributed by atoms with E-state index >= 15 is 0 Å². The van der Waals surface area contributed by atoms with E-state index in [1.807, 2.05) is 0 Å². The van der Waals surface area contributed by atoms with Crippen molar-refractivity contribution in [3.05, 3.63) is 126 Å². The predicted molar refractivity (Wildman–Crippen MR) is 134 cm³/mol. The number of halogens is 1. The van der Waals surface area contributed by atoms with Crippen LogP contribution in [-0.4, -0.2) is 0 Å². The molecule has 0 fully saturated rings. The minimum Gasteiger partial charge on any atom is -1.00 e. The third kappa shape index (κ3) is 4.93. The molecule has 0 nitrogen and oxygen atoms in total. The van der Waals surface area contributed by atoms with Gasteiger partial charge in [0.2, 0.25) is 0 Å². The average Bonchev–Trinajstić information content (AvgIpc) is 2.79. The smallest absolute Gasteiger partial charge is 0.116 e. The highest BCUT2D eigenvalue weighted by atomic mass is 35.5. The van der Waals surface area contributed by atoms with Crippen LogP contribution < -0.4 is 28.3 Å². The van der Waals surface area contributed by atoms with Crippen molar-refractivity contribution < 1.29 is 12.4 Å². The van der Waals surface area contributed by atoms with Gasteiger partial charge in [-0.1, -0.05) is 99.6 Å². The molecular weight excluding hydrogens is 415 g/mol. The topological polar surface area (TPSA) is 0 Å². The van der Waals surface area contributed by atoms with Crippen molar-refractivity contribution in [2.24, 2.45) is 0 Å². The highest BCUT2D eigenvalue weighted by molar-refractivity contribution is 7.95. The fourth-order valence-corrected chi connectivity index (χ4v) is 8.40. The number of rotatable bonds is 5. The van der Waals surface area contributed by atoms with Crippen molar-refractivity contribution in [2.75, 3.05) is 0 Å². The second-order valence-corrected chi connectivity index (χ2v) is 12.4. The van der Waals surface area contributed by atoms with Crippen LogP contribution in [0.2, 0.25) is 0 Å². The molecule has 0 bridgehead atoms. The van der Waals surface area contributed by atoms with Crippen molar-refractivity contribution in [2.45, 2.75) is 32.3 Å². The molecule has 0 atom stereocenters. The summed E-state index contributed by atoms with van der Waals surface area (Å²) in [5.41, 5.74) is 2.95. The van der Waals surface area contributed by atoms with Crippen LogP contribution in [0.3, 0.4) is 0 Å². The van der Waals surface area contributed by atoms with Crippen LogP contribution in [0.4, 0.5) is 0 Å². The maximum Gasteiger partial charge on any atom is 0.116 e. The van der Waals surface area contributed by atoms with Crippen LogP contribution in [-0.2, 0) is 11.6 Å². The van der Waals surface area contributed by atoms with Gasteiger partial charge >= 0.3 is 0 Å². The molecule has 158 valence electrons. The van der Waals surface area contributed by atoms with E-state index in [2.05, 4.69) is 136 Å². The molecule has 4 aromatic carbocycles. The monoisotopic (exact) mass is 444 g/mol. The highest BCUT2D eigenvalue weighted by Crippen LogP contribution is 2.58. The molecule has 0 aliphatic rings. The van der Waals surface area contributed by atoms with E-state index in [0.717, 1.165) is 6.16 Å². The maximum atomic E-state index is 2.34. The van der Waals surface area contributed by atoms with Gasteiger partial charge < -0.3 is 12.4 Å². The van der Waals surface area contributed by atoms with Gasteiger partial charge in [0.05, 0.1) is 6.16 Å². The Hall–Kier alpha value is -2.40. The van der Waals surface area contributed by atoms with E-state index in [1.54, 1.807) is 0 Å². The number of hydrogen-bond acceptors (Lipinski definition) is 0. The molecule has 0 unspecified atom stereocenters. The predicted octanol–water partition coefficient (Wildman–Crippen LogP) is 3.48. The Labute approximate surface area is 194 Å². The molecule has 0 radical (unpaired) electrons. The Morgan fingerprint density at radius 1 is 0.516 bits per heavy atom. The molecule has 2 heteroatoms. The van der Waals surface area contributed by atoms with Crippen LogP contribution in [0.1, 0.15) is 31.9 Å². The first-order valence-corrected chi connectivity index (χ1v) is 12.6. The van der Waals surface area contributed by atoms with Gasteiger partial charge in [-0.05, 0) is 52.9 Å². The molecule has 31 heavy (non-hydrogen) atoms. The minimum absolute atomic E-state index is 0. The fraction of sp³-hybridized carbons (Fsp3) is 0.172. The van der Waals surface area contributed by atoms with Crippen molar-refractivity contribution in [3.63, 3.8) is 0 Å². The normalized spacial score (nSPS) is 11.6. The largest absolute Gasteiger partial charge is 1.00 e. The third-order valence-corrected chi connectivity index (χ3v) is 10.2. The number of benzene rings is 4. The first-order valence-electron chi connectivity index (χ1n) is 10.6. The van der Waals surface area contributed by atoms with Gasteiger partial charge in [-0.25, -0.2) is 0 Å². The highest BCUT2D eigenvalue weighted by Gasteiger charge is 2.45. The Balaban J connectivity index is 0.00000272. The molecule has 0 aromatic heterocycles. The summed E-state index contributed by atoms with van der Waals surface area (Å²) < 4.78 is 0. The summed E-state index contributed by atoms with van der Waals surface area (Å²) in [5.74, 6) is 0.